The lowest BCUT2D eigenvalue weighted by molar-refractivity contribution is 0.973. The van der Waals surface area contributed by atoms with Crippen LogP contribution in [-0.2, 0) is 6.42 Å². The van der Waals surface area contributed by atoms with Crippen molar-refractivity contribution >= 4 is 24.2 Å². The van der Waals surface area contributed by atoms with Gasteiger partial charge in [-0.1, -0.05) is 6.92 Å². The van der Waals surface area contributed by atoms with Crippen molar-refractivity contribution in [1.82, 2.24) is 9.36 Å². The van der Waals surface area contributed by atoms with E-state index in [9.17, 15) is 0 Å². The highest BCUT2D eigenvalue weighted by atomic mass is 32.2. The topological polar surface area (TPSA) is 25.8 Å². The molecule has 2 nitrogen and oxygen atoms in total. The first-order chi connectivity index (χ1) is 3.83. The maximum absolute atomic E-state index is 4.74. The van der Waals surface area contributed by atoms with E-state index >= 15 is 0 Å². The number of nitrogens with zero attached hydrogens (tertiary/aromatic N) is 2. The largest absolute Gasteiger partial charge is 0.209 e. The van der Waals surface area contributed by atoms with Gasteiger partial charge in [0.15, 0.2) is 4.34 Å². The van der Waals surface area contributed by atoms with Gasteiger partial charge in [0.25, 0.3) is 0 Å². The summed E-state index contributed by atoms with van der Waals surface area (Å²) >= 11 is 6.03. The van der Waals surface area contributed by atoms with Gasteiger partial charge in [0.05, 0.1) is 0 Å². The predicted molar refractivity (Wildman–Crippen MR) is 35.1 cm³/mol. The lowest BCUT2D eigenvalue weighted by atomic mass is 10.5. The molecule has 0 atom stereocenters. The van der Waals surface area contributed by atoms with Crippen molar-refractivity contribution in [3.8, 4) is 0 Å². The maximum atomic E-state index is 4.74. The number of hydrogen-bond acceptors (Lipinski definition) is 3. The van der Waals surface area contributed by atoms with E-state index in [1.54, 1.807) is 0 Å². The zero-order valence-electron chi connectivity index (χ0n) is 4.42. The number of rotatable bonds is 1. The second-order valence-electron chi connectivity index (χ2n) is 1.33. The quantitative estimate of drug-likeness (QED) is 0.600. The van der Waals surface area contributed by atoms with Crippen molar-refractivity contribution < 1.29 is 0 Å². The van der Waals surface area contributed by atoms with Crippen LogP contribution in [-0.4, -0.2) is 9.36 Å². The molecule has 1 aromatic heterocycles. The highest BCUT2D eigenvalue weighted by Gasteiger charge is 1.95. The molecule has 0 unspecified atom stereocenters. The second kappa shape index (κ2) is 2.37. The van der Waals surface area contributed by atoms with E-state index in [4.69, 9.17) is 12.6 Å². The summed E-state index contributed by atoms with van der Waals surface area (Å²) < 4.78 is 4.60. The van der Waals surface area contributed by atoms with E-state index < -0.39 is 0 Å². The molecule has 0 fully saturated rings. The smallest absolute Gasteiger partial charge is 0.200 e. The zero-order valence-corrected chi connectivity index (χ0v) is 6.05. The third-order valence-electron chi connectivity index (χ3n) is 0.766. The third kappa shape index (κ3) is 1.14. The summed E-state index contributed by atoms with van der Waals surface area (Å²) in [5.41, 5.74) is 0. The summed E-state index contributed by atoms with van der Waals surface area (Å²) in [4.78, 5) is 3.95. The molecular weight excluding hydrogens is 140 g/mol. The van der Waals surface area contributed by atoms with Gasteiger partial charge in [0.2, 0.25) is 0 Å². The molecule has 43 valence electrons. The van der Waals surface area contributed by atoms with Crippen LogP contribution in [0.4, 0.5) is 0 Å². The predicted octanol–water partition coefficient (Wildman–Crippen LogP) is 1.66. The molecule has 1 heterocycles. The van der Waals surface area contributed by atoms with Crippen LogP contribution >= 0.6 is 24.2 Å². The van der Waals surface area contributed by atoms with E-state index in [2.05, 4.69) is 9.36 Å². The average molecular weight is 145 g/mol. The first-order valence-electron chi connectivity index (χ1n) is 2.32. The lowest BCUT2D eigenvalue weighted by Crippen LogP contribution is -1.79. The van der Waals surface area contributed by atoms with Crippen molar-refractivity contribution in [3.63, 3.8) is 0 Å². The Bertz CT molecular complexity index is 172. The third-order valence-corrected chi connectivity index (χ3v) is 1.63. The molecule has 1 rings (SSSR count). The SMILES string of the molecule is CCc1nsc([S])n1. The second-order valence-corrected chi connectivity index (χ2v) is 2.73. The van der Waals surface area contributed by atoms with E-state index in [-0.39, 0.29) is 0 Å². The Kier molecular flexibility index (Phi) is 1.75. The molecule has 0 aromatic carbocycles. The van der Waals surface area contributed by atoms with Crippen molar-refractivity contribution in [1.29, 1.82) is 0 Å². The van der Waals surface area contributed by atoms with Crippen molar-refractivity contribution in [2.45, 2.75) is 17.7 Å². The minimum absolute atomic E-state index is 0.641. The van der Waals surface area contributed by atoms with Crippen LogP contribution in [0.3, 0.4) is 0 Å². The molecule has 0 aliphatic rings. The van der Waals surface area contributed by atoms with Gasteiger partial charge in [-0.3, -0.25) is 0 Å². The van der Waals surface area contributed by atoms with Gasteiger partial charge >= 0.3 is 0 Å². The van der Waals surface area contributed by atoms with Crippen LogP contribution in [0.2, 0.25) is 0 Å². The van der Waals surface area contributed by atoms with Gasteiger partial charge in [-0.05, 0) is 24.2 Å². The first-order valence-corrected chi connectivity index (χ1v) is 3.50. The summed E-state index contributed by atoms with van der Waals surface area (Å²) in [5, 5.41) is 0. The van der Waals surface area contributed by atoms with Crippen LogP contribution in [0, 0.1) is 0 Å². The molecular formula is C4H5N2S2. The summed E-state index contributed by atoms with van der Waals surface area (Å²) in [6, 6.07) is 0. The van der Waals surface area contributed by atoms with Gasteiger partial charge in [-0.2, -0.15) is 4.37 Å². The number of hydrogen-bond donors (Lipinski definition) is 0. The lowest BCUT2D eigenvalue weighted by Gasteiger charge is -1.76. The Labute approximate surface area is 57.5 Å². The molecule has 4 heteroatoms. The van der Waals surface area contributed by atoms with Gasteiger partial charge < -0.3 is 0 Å². The van der Waals surface area contributed by atoms with Gasteiger partial charge in [0, 0.05) is 6.42 Å². The van der Waals surface area contributed by atoms with E-state index in [1.165, 1.54) is 11.5 Å². The molecule has 0 N–H and O–H groups in total. The summed E-state index contributed by atoms with van der Waals surface area (Å²) in [6.07, 6.45) is 0.882. The fraction of sp³-hybridized carbons (Fsp3) is 0.500. The summed E-state index contributed by atoms with van der Waals surface area (Å²) in [5.74, 6) is 0.861. The molecule has 0 saturated carbocycles. The van der Waals surface area contributed by atoms with Gasteiger partial charge in [-0.25, -0.2) is 4.98 Å². The normalized spacial score (nSPS) is 9.62. The van der Waals surface area contributed by atoms with Crippen LogP contribution in [0.1, 0.15) is 12.7 Å². The zero-order chi connectivity index (χ0) is 5.98. The highest BCUT2D eigenvalue weighted by Crippen LogP contribution is 2.07. The Morgan fingerprint density at radius 1 is 1.75 bits per heavy atom. The molecule has 8 heavy (non-hydrogen) atoms. The molecule has 1 radical (unpaired) electrons. The molecule has 1 aromatic rings. The fourth-order valence-corrected chi connectivity index (χ4v) is 1.10. The van der Waals surface area contributed by atoms with Gasteiger partial charge in [0.1, 0.15) is 5.82 Å². The molecule has 0 aliphatic heterocycles. The first kappa shape index (κ1) is 5.91. The molecule has 0 saturated heterocycles. The Morgan fingerprint density at radius 2 is 2.50 bits per heavy atom. The van der Waals surface area contributed by atoms with Gasteiger partial charge in [-0.15, -0.1) is 0 Å². The van der Waals surface area contributed by atoms with Crippen molar-refractivity contribution in [2.24, 2.45) is 0 Å². The molecule has 0 spiro atoms. The van der Waals surface area contributed by atoms with Crippen LogP contribution < -0.4 is 0 Å². The maximum Gasteiger partial charge on any atom is 0.200 e. The number of aromatic nitrogens is 2. The minimum Gasteiger partial charge on any atom is -0.209 e. The summed E-state index contributed by atoms with van der Waals surface area (Å²) in [6.45, 7) is 2.01. The van der Waals surface area contributed by atoms with Crippen LogP contribution in [0.5, 0.6) is 0 Å². The van der Waals surface area contributed by atoms with E-state index in [1.807, 2.05) is 6.92 Å². The van der Waals surface area contributed by atoms with Crippen LogP contribution in [0.25, 0.3) is 0 Å². The minimum atomic E-state index is 0.641. The Balaban J connectivity index is 2.84. The Morgan fingerprint density at radius 3 is 2.75 bits per heavy atom. The fourth-order valence-electron chi connectivity index (χ4n) is 0.382. The van der Waals surface area contributed by atoms with Crippen molar-refractivity contribution in [3.05, 3.63) is 5.82 Å². The molecule has 0 amide bonds. The van der Waals surface area contributed by atoms with E-state index in [0.29, 0.717) is 4.34 Å². The van der Waals surface area contributed by atoms with Crippen LogP contribution in [0.15, 0.2) is 4.34 Å². The highest BCUT2D eigenvalue weighted by molar-refractivity contribution is 7.82. The Hall–Kier alpha value is -0.220. The average Bonchev–Trinajstić information content (AvgIpc) is 2.14. The monoisotopic (exact) mass is 145 g/mol. The molecule has 0 aliphatic carbocycles. The number of aryl methyl sites for hydroxylation is 1. The summed E-state index contributed by atoms with van der Waals surface area (Å²) in [7, 11) is 0. The molecule has 0 bridgehead atoms. The van der Waals surface area contributed by atoms with E-state index in [0.717, 1.165) is 12.2 Å². The van der Waals surface area contributed by atoms with Crippen molar-refractivity contribution in [2.75, 3.05) is 0 Å². The standard InChI is InChI=1S/C4H5N2S2/c1-2-3-5-4(7)8-6-3/h2H2,1H3.